The van der Waals surface area contributed by atoms with Crippen molar-refractivity contribution in [2.75, 3.05) is 13.2 Å². The monoisotopic (exact) mass is 259 g/mol. The van der Waals surface area contributed by atoms with Gasteiger partial charge in [-0.3, -0.25) is 4.79 Å². The number of carbonyl (C=O) groups excluding carboxylic acids is 1. The minimum atomic E-state index is 0.151. The maximum atomic E-state index is 12.3. The number of hydrogen-bond acceptors (Lipinski definition) is 2. The average Bonchev–Trinajstić information content (AvgIpc) is 2.84. The van der Waals surface area contributed by atoms with Gasteiger partial charge in [0, 0.05) is 12.6 Å². The normalized spacial score (nSPS) is 23.2. The quantitative estimate of drug-likeness (QED) is 0.832. The highest BCUT2D eigenvalue weighted by Crippen LogP contribution is 2.37. The highest BCUT2D eigenvalue weighted by molar-refractivity contribution is 5.78. The van der Waals surface area contributed by atoms with Crippen LogP contribution < -0.4 is 4.74 Å². The number of para-hydroxylation sites is 1. The van der Waals surface area contributed by atoms with Crippen LogP contribution in [-0.4, -0.2) is 30.0 Å². The second kappa shape index (κ2) is 5.64. The molecule has 1 unspecified atom stereocenters. The van der Waals surface area contributed by atoms with Crippen LogP contribution in [0.25, 0.3) is 0 Å². The molecular weight excluding hydrogens is 238 g/mol. The Morgan fingerprint density at radius 2 is 1.95 bits per heavy atom. The third-order valence-corrected chi connectivity index (χ3v) is 4.42. The molecule has 1 aliphatic carbocycles. The number of hydrogen-bond donors (Lipinski definition) is 0. The van der Waals surface area contributed by atoms with Crippen LogP contribution in [0.15, 0.2) is 30.3 Å². The molecule has 0 radical (unpaired) electrons. The molecule has 1 saturated heterocycles. The first-order valence-corrected chi connectivity index (χ1v) is 7.32. The summed E-state index contributed by atoms with van der Waals surface area (Å²) in [4.78, 5) is 14.3. The molecule has 2 aliphatic rings. The Balaban J connectivity index is 1.54. The molecule has 1 aromatic carbocycles. The van der Waals surface area contributed by atoms with Crippen LogP contribution in [0.2, 0.25) is 0 Å². The van der Waals surface area contributed by atoms with Crippen LogP contribution in [0.5, 0.6) is 5.75 Å². The highest BCUT2D eigenvalue weighted by atomic mass is 16.5. The van der Waals surface area contributed by atoms with Crippen LogP contribution in [0, 0.1) is 5.92 Å². The van der Waals surface area contributed by atoms with Crippen molar-refractivity contribution in [1.82, 2.24) is 4.90 Å². The van der Waals surface area contributed by atoms with Crippen LogP contribution in [-0.2, 0) is 4.79 Å². The summed E-state index contributed by atoms with van der Waals surface area (Å²) in [6.07, 6.45) is 6.27. The van der Waals surface area contributed by atoms with Crippen molar-refractivity contribution in [2.45, 2.75) is 38.1 Å². The zero-order valence-corrected chi connectivity index (χ0v) is 11.3. The number of nitrogens with zero attached hydrogens (tertiary/aromatic N) is 1. The molecule has 3 nitrogen and oxygen atoms in total. The number of ether oxygens (including phenoxy) is 1. The van der Waals surface area contributed by atoms with E-state index in [0.29, 0.717) is 6.04 Å². The molecule has 102 valence electrons. The van der Waals surface area contributed by atoms with E-state index in [1.165, 1.54) is 25.7 Å². The summed E-state index contributed by atoms with van der Waals surface area (Å²) in [6, 6.07) is 10.1. The Morgan fingerprint density at radius 3 is 2.63 bits per heavy atom. The summed E-state index contributed by atoms with van der Waals surface area (Å²) in [6.45, 7) is 1.09. The van der Waals surface area contributed by atoms with Crippen LogP contribution >= 0.6 is 0 Å². The lowest BCUT2D eigenvalue weighted by Crippen LogP contribution is -2.44. The molecule has 1 atom stereocenters. The molecule has 2 fully saturated rings. The van der Waals surface area contributed by atoms with Crippen molar-refractivity contribution in [3.05, 3.63) is 30.3 Å². The van der Waals surface area contributed by atoms with Crippen molar-refractivity contribution >= 4 is 5.91 Å². The molecule has 0 spiro atoms. The third kappa shape index (κ3) is 2.75. The fourth-order valence-electron chi connectivity index (χ4n) is 3.16. The van der Waals surface area contributed by atoms with Gasteiger partial charge in [0.25, 0.3) is 5.91 Å². The van der Waals surface area contributed by atoms with Crippen LogP contribution in [0.4, 0.5) is 0 Å². The maximum absolute atomic E-state index is 12.3. The molecule has 1 heterocycles. The molecule has 0 N–H and O–H groups in total. The van der Waals surface area contributed by atoms with E-state index in [0.717, 1.165) is 24.6 Å². The number of rotatable bonds is 4. The van der Waals surface area contributed by atoms with E-state index in [-0.39, 0.29) is 12.5 Å². The minimum absolute atomic E-state index is 0.151. The fraction of sp³-hybridized carbons (Fsp3) is 0.562. The van der Waals surface area contributed by atoms with Gasteiger partial charge in [-0.25, -0.2) is 0 Å². The fourth-order valence-corrected chi connectivity index (χ4v) is 3.16. The van der Waals surface area contributed by atoms with Gasteiger partial charge >= 0.3 is 0 Å². The molecule has 19 heavy (non-hydrogen) atoms. The first kappa shape index (κ1) is 12.5. The van der Waals surface area contributed by atoms with E-state index in [9.17, 15) is 4.79 Å². The first-order valence-electron chi connectivity index (χ1n) is 7.32. The molecule has 1 amide bonds. The van der Waals surface area contributed by atoms with Gasteiger partial charge in [0.15, 0.2) is 6.61 Å². The molecular formula is C16H21NO2. The molecule has 1 saturated carbocycles. The smallest absolute Gasteiger partial charge is 0.260 e. The van der Waals surface area contributed by atoms with Crippen LogP contribution in [0.3, 0.4) is 0 Å². The van der Waals surface area contributed by atoms with Gasteiger partial charge in [-0.05, 0) is 43.7 Å². The number of likely N-dealkylation sites (tertiary alicyclic amines) is 1. The van der Waals surface area contributed by atoms with Crippen molar-refractivity contribution in [1.29, 1.82) is 0 Å². The number of carbonyl (C=O) groups is 1. The minimum Gasteiger partial charge on any atom is -0.484 e. The molecule has 0 bridgehead atoms. The van der Waals surface area contributed by atoms with Gasteiger partial charge in [0.2, 0.25) is 0 Å². The lowest BCUT2D eigenvalue weighted by molar-refractivity contribution is -0.135. The SMILES string of the molecule is O=C(COc1ccccc1)N1CCCC1C1CCC1. The third-order valence-electron chi connectivity index (χ3n) is 4.42. The molecule has 1 aliphatic heterocycles. The molecule has 1 aromatic rings. The van der Waals surface area contributed by atoms with Gasteiger partial charge in [-0.15, -0.1) is 0 Å². The lowest BCUT2D eigenvalue weighted by Gasteiger charge is -2.36. The summed E-state index contributed by atoms with van der Waals surface area (Å²) in [5.41, 5.74) is 0. The highest BCUT2D eigenvalue weighted by Gasteiger charge is 2.37. The lowest BCUT2D eigenvalue weighted by atomic mass is 9.79. The zero-order chi connectivity index (χ0) is 13.1. The molecule has 3 heteroatoms. The summed E-state index contributed by atoms with van der Waals surface area (Å²) < 4.78 is 5.57. The topological polar surface area (TPSA) is 29.5 Å². The van der Waals surface area contributed by atoms with Crippen molar-refractivity contribution < 1.29 is 9.53 Å². The molecule has 3 rings (SSSR count). The maximum Gasteiger partial charge on any atom is 0.260 e. The second-order valence-corrected chi connectivity index (χ2v) is 5.59. The van der Waals surface area contributed by atoms with Gasteiger partial charge in [0.1, 0.15) is 5.75 Å². The Labute approximate surface area is 114 Å². The summed E-state index contributed by atoms with van der Waals surface area (Å²) >= 11 is 0. The summed E-state index contributed by atoms with van der Waals surface area (Å²) in [5, 5.41) is 0. The Bertz CT molecular complexity index is 428. The Kier molecular flexibility index (Phi) is 3.72. The number of amides is 1. The summed E-state index contributed by atoms with van der Waals surface area (Å²) in [7, 11) is 0. The predicted molar refractivity (Wildman–Crippen MR) is 74.0 cm³/mol. The van der Waals surface area contributed by atoms with Gasteiger partial charge < -0.3 is 9.64 Å². The van der Waals surface area contributed by atoms with Crippen molar-refractivity contribution in [3.8, 4) is 5.75 Å². The second-order valence-electron chi connectivity index (χ2n) is 5.59. The van der Waals surface area contributed by atoms with E-state index < -0.39 is 0 Å². The van der Waals surface area contributed by atoms with E-state index in [2.05, 4.69) is 4.90 Å². The summed E-state index contributed by atoms with van der Waals surface area (Å²) in [5.74, 6) is 1.68. The zero-order valence-electron chi connectivity index (χ0n) is 11.3. The van der Waals surface area contributed by atoms with Crippen molar-refractivity contribution in [3.63, 3.8) is 0 Å². The van der Waals surface area contributed by atoms with Gasteiger partial charge in [-0.2, -0.15) is 0 Å². The Morgan fingerprint density at radius 1 is 1.16 bits per heavy atom. The average molecular weight is 259 g/mol. The van der Waals surface area contributed by atoms with E-state index in [1.807, 2.05) is 30.3 Å². The van der Waals surface area contributed by atoms with E-state index in [1.54, 1.807) is 0 Å². The predicted octanol–water partition coefficient (Wildman–Crippen LogP) is 2.86. The Hall–Kier alpha value is -1.51. The van der Waals surface area contributed by atoms with E-state index in [4.69, 9.17) is 4.74 Å². The standard InChI is InChI=1S/C16H21NO2/c18-16(12-19-14-8-2-1-3-9-14)17-11-5-10-15(17)13-6-4-7-13/h1-3,8-9,13,15H,4-7,10-12H2. The van der Waals surface area contributed by atoms with E-state index >= 15 is 0 Å². The largest absolute Gasteiger partial charge is 0.484 e. The van der Waals surface area contributed by atoms with Crippen molar-refractivity contribution in [2.24, 2.45) is 5.92 Å². The van der Waals surface area contributed by atoms with Gasteiger partial charge in [0.05, 0.1) is 0 Å². The first-order chi connectivity index (χ1) is 9.34. The molecule has 0 aromatic heterocycles. The number of benzene rings is 1. The van der Waals surface area contributed by atoms with Crippen LogP contribution in [0.1, 0.15) is 32.1 Å². The van der Waals surface area contributed by atoms with Gasteiger partial charge in [-0.1, -0.05) is 24.6 Å².